The van der Waals surface area contributed by atoms with Crippen molar-refractivity contribution < 1.29 is 9.53 Å². The standard InChI is InChI=1S/C8H13N3O2/c1-3-13-8(12)7-6(4-9)5-11(2)10-7/h5H,3-4,9H2,1-2H3. The number of ether oxygens (including phenoxy) is 1. The number of carbonyl (C=O) groups excluding carboxylic acids is 1. The van der Waals surface area contributed by atoms with Gasteiger partial charge in [0.25, 0.3) is 0 Å². The van der Waals surface area contributed by atoms with E-state index in [4.69, 9.17) is 10.5 Å². The zero-order valence-electron chi connectivity index (χ0n) is 7.78. The minimum Gasteiger partial charge on any atom is -0.461 e. The van der Waals surface area contributed by atoms with Gasteiger partial charge in [-0.05, 0) is 6.92 Å². The van der Waals surface area contributed by atoms with E-state index in [1.165, 1.54) is 0 Å². The first-order valence-corrected chi connectivity index (χ1v) is 4.08. The predicted molar refractivity (Wildman–Crippen MR) is 47.1 cm³/mol. The van der Waals surface area contributed by atoms with E-state index in [2.05, 4.69) is 5.10 Å². The zero-order chi connectivity index (χ0) is 9.84. The maximum absolute atomic E-state index is 11.3. The third-order valence-corrected chi connectivity index (χ3v) is 1.59. The average Bonchev–Trinajstić information content (AvgIpc) is 2.47. The molecule has 0 aliphatic heterocycles. The lowest BCUT2D eigenvalue weighted by Crippen LogP contribution is -2.10. The maximum atomic E-state index is 11.3. The first-order chi connectivity index (χ1) is 6.19. The molecule has 0 aromatic carbocycles. The van der Waals surface area contributed by atoms with Gasteiger partial charge in [-0.1, -0.05) is 0 Å². The molecule has 0 aliphatic rings. The molecule has 2 N–H and O–H groups in total. The van der Waals surface area contributed by atoms with E-state index < -0.39 is 5.97 Å². The number of rotatable bonds is 3. The van der Waals surface area contributed by atoms with E-state index in [1.807, 2.05) is 0 Å². The van der Waals surface area contributed by atoms with Gasteiger partial charge in [0.2, 0.25) is 0 Å². The third kappa shape index (κ3) is 2.06. The molecule has 0 atom stereocenters. The van der Waals surface area contributed by atoms with Gasteiger partial charge in [0.1, 0.15) is 0 Å². The summed E-state index contributed by atoms with van der Waals surface area (Å²) in [6, 6.07) is 0. The number of aromatic nitrogens is 2. The lowest BCUT2D eigenvalue weighted by Gasteiger charge is -1.98. The summed E-state index contributed by atoms with van der Waals surface area (Å²) in [5.41, 5.74) is 6.46. The smallest absolute Gasteiger partial charge is 0.359 e. The Morgan fingerprint density at radius 2 is 2.46 bits per heavy atom. The van der Waals surface area contributed by atoms with Crippen molar-refractivity contribution in [3.8, 4) is 0 Å². The highest BCUT2D eigenvalue weighted by Gasteiger charge is 2.15. The SMILES string of the molecule is CCOC(=O)c1nn(C)cc1CN. The van der Waals surface area contributed by atoms with Gasteiger partial charge in [-0.3, -0.25) is 4.68 Å². The van der Waals surface area contributed by atoms with Crippen LogP contribution < -0.4 is 5.73 Å². The fraction of sp³-hybridized carbons (Fsp3) is 0.500. The number of nitrogens with two attached hydrogens (primary N) is 1. The second kappa shape index (κ2) is 4.04. The molecular formula is C8H13N3O2. The molecule has 0 saturated heterocycles. The highest BCUT2D eigenvalue weighted by atomic mass is 16.5. The van der Waals surface area contributed by atoms with Crippen LogP contribution in [0.5, 0.6) is 0 Å². The lowest BCUT2D eigenvalue weighted by molar-refractivity contribution is 0.0517. The molecule has 0 radical (unpaired) electrons. The summed E-state index contributed by atoms with van der Waals surface area (Å²) in [4.78, 5) is 11.3. The van der Waals surface area contributed by atoms with Gasteiger partial charge in [0.15, 0.2) is 5.69 Å². The zero-order valence-corrected chi connectivity index (χ0v) is 7.78. The summed E-state index contributed by atoms with van der Waals surface area (Å²) < 4.78 is 6.36. The molecule has 72 valence electrons. The van der Waals surface area contributed by atoms with Crippen molar-refractivity contribution in [2.45, 2.75) is 13.5 Å². The van der Waals surface area contributed by atoms with E-state index in [9.17, 15) is 4.79 Å². The third-order valence-electron chi connectivity index (χ3n) is 1.59. The Hall–Kier alpha value is -1.36. The van der Waals surface area contributed by atoms with Gasteiger partial charge < -0.3 is 10.5 Å². The van der Waals surface area contributed by atoms with Crippen LogP contribution >= 0.6 is 0 Å². The van der Waals surface area contributed by atoms with Crippen molar-refractivity contribution in [3.05, 3.63) is 17.5 Å². The quantitative estimate of drug-likeness (QED) is 0.672. The molecule has 0 fully saturated rings. The number of nitrogens with zero attached hydrogens (tertiary/aromatic N) is 2. The number of hydrogen-bond acceptors (Lipinski definition) is 4. The van der Waals surface area contributed by atoms with Gasteiger partial charge in [-0.25, -0.2) is 4.79 Å². The number of esters is 1. The Balaban J connectivity index is 2.91. The molecule has 0 unspecified atom stereocenters. The van der Waals surface area contributed by atoms with Crippen molar-refractivity contribution >= 4 is 5.97 Å². The Bertz CT molecular complexity index is 306. The number of carbonyl (C=O) groups is 1. The maximum Gasteiger partial charge on any atom is 0.359 e. The fourth-order valence-corrected chi connectivity index (χ4v) is 1.06. The normalized spacial score (nSPS) is 10.1. The van der Waals surface area contributed by atoms with E-state index in [0.29, 0.717) is 24.4 Å². The summed E-state index contributed by atoms with van der Waals surface area (Å²) in [5, 5.41) is 3.96. The van der Waals surface area contributed by atoms with Gasteiger partial charge >= 0.3 is 5.97 Å². The molecule has 1 rings (SSSR count). The molecule has 13 heavy (non-hydrogen) atoms. The number of aryl methyl sites for hydroxylation is 1. The van der Waals surface area contributed by atoms with Crippen molar-refractivity contribution in [3.63, 3.8) is 0 Å². The molecule has 1 aromatic rings. The van der Waals surface area contributed by atoms with E-state index in [0.717, 1.165) is 0 Å². The van der Waals surface area contributed by atoms with Crippen molar-refractivity contribution in [1.29, 1.82) is 0 Å². The molecule has 0 saturated carbocycles. The molecule has 0 aliphatic carbocycles. The molecule has 1 aromatic heterocycles. The van der Waals surface area contributed by atoms with Crippen LogP contribution in [0, 0.1) is 0 Å². The lowest BCUT2D eigenvalue weighted by atomic mass is 10.2. The Morgan fingerprint density at radius 3 is 3.00 bits per heavy atom. The molecule has 1 heterocycles. The molecule has 5 heteroatoms. The van der Waals surface area contributed by atoms with Crippen LogP contribution in [0.15, 0.2) is 6.20 Å². The number of hydrogen-bond donors (Lipinski definition) is 1. The van der Waals surface area contributed by atoms with Crippen molar-refractivity contribution in [2.75, 3.05) is 6.61 Å². The van der Waals surface area contributed by atoms with Crippen LogP contribution in [0.1, 0.15) is 23.0 Å². The van der Waals surface area contributed by atoms with Crippen LogP contribution in [0.3, 0.4) is 0 Å². The van der Waals surface area contributed by atoms with E-state index in [-0.39, 0.29) is 0 Å². The van der Waals surface area contributed by atoms with Gasteiger partial charge in [0.05, 0.1) is 6.61 Å². The summed E-state index contributed by atoms with van der Waals surface area (Å²) in [6.45, 7) is 2.39. The Morgan fingerprint density at radius 1 is 1.77 bits per heavy atom. The van der Waals surface area contributed by atoms with Gasteiger partial charge in [-0.2, -0.15) is 5.10 Å². The van der Waals surface area contributed by atoms with E-state index >= 15 is 0 Å². The molecular weight excluding hydrogens is 170 g/mol. The Kier molecular flexibility index (Phi) is 3.02. The highest BCUT2D eigenvalue weighted by molar-refractivity contribution is 5.88. The van der Waals surface area contributed by atoms with Gasteiger partial charge in [0, 0.05) is 25.4 Å². The summed E-state index contributed by atoms with van der Waals surface area (Å²) in [6.07, 6.45) is 1.71. The first-order valence-electron chi connectivity index (χ1n) is 4.08. The van der Waals surface area contributed by atoms with Crippen molar-refractivity contribution in [2.24, 2.45) is 12.8 Å². The van der Waals surface area contributed by atoms with Crippen LogP contribution in [-0.4, -0.2) is 22.4 Å². The van der Waals surface area contributed by atoms with Crippen molar-refractivity contribution in [1.82, 2.24) is 9.78 Å². The summed E-state index contributed by atoms with van der Waals surface area (Å²) in [7, 11) is 1.74. The second-order valence-corrected chi connectivity index (χ2v) is 2.60. The predicted octanol–water partition coefficient (Wildman–Crippen LogP) is 0.0555. The molecule has 0 bridgehead atoms. The summed E-state index contributed by atoms with van der Waals surface area (Å²) in [5.74, 6) is -0.413. The molecule has 5 nitrogen and oxygen atoms in total. The topological polar surface area (TPSA) is 70.1 Å². The summed E-state index contributed by atoms with van der Waals surface area (Å²) >= 11 is 0. The fourth-order valence-electron chi connectivity index (χ4n) is 1.06. The minimum absolute atomic E-state index is 0.294. The average molecular weight is 183 g/mol. The largest absolute Gasteiger partial charge is 0.461 e. The highest BCUT2D eigenvalue weighted by Crippen LogP contribution is 2.06. The second-order valence-electron chi connectivity index (χ2n) is 2.60. The molecule has 0 spiro atoms. The van der Waals surface area contributed by atoms with Crippen LogP contribution in [0.25, 0.3) is 0 Å². The van der Waals surface area contributed by atoms with Crippen LogP contribution in [-0.2, 0) is 18.3 Å². The minimum atomic E-state index is -0.413. The molecule has 0 amide bonds. The van der Waals surface area contributed by atoms with Crippen LogP contribution in [0.4, 0.5) is 0 Å². The van der Waals surface area contributed by atoms with E-state index in [1.54, 1.807) is 24.9 Å². The van der Waals surface area contributed by atoms with Crippen LogP contribution in [0.2, 0.25) is 0 Å². The van der Waals surface area contributed by atoms with Gasteiger partial charge in [-0.15, -0.1) is 0 Å². The monoisotopic (exact) mass is 183 g/mol. The first kappa shape index (κ1) is 9.73. The Labute approximate surface area is 76.5 Å².